The minimum Gasteiger partial charge on any atom is -0.485 e. The molecule has 0 spiro atoms. The van der Waals surface area contributed by atoms with E-state index in [0.29, 0.717) is 18.8 Å². The number of hydrogen-bond acceptors (Lipinski definition) is 4. The van der Waals surface area contributed by atoms with Gasteiger partial charge in [-0.05, 0) is 51.5 Å². The number of nitrogens with one attached hydrogen (secondary N) is 1. The van der Waals surface area contributed by atoms with Crippen molar-refractivity contribution >= 4 is 11.8 Å². The molecule has 1 aromatic carbocycles. The second-order valence-corrected chi connectivity index (χ2v) is 7.10. The lowest BCUT2D eigenvalue weighted by atomic mass is 9.98. The zero-order valence-electron chi connectivity index (χ0n) is 15.6. The van der Waals surface area contributed by atoms with Gasteiger partial charge in [-0.15, -0.1) is 0 Å². The third kappa shape index (κ3) is 3.45. The number of hydrogen-bond donors (Lipinski definition) is 1. The Hall–Kier alpha value is -2.76. The molecule has 0 bridgehead atoms. The summed E-state index contributed by atoms with van der Waals surface area (Å²) < 4.78 is 11.5. The number of amides is 2. The number of benzene rings is 1. The summed E-state index contributed by atoms with van der Waals surface area (Å²) in [7, 11) is 0. The second kappa shape index (κ2) is 6.86. The maximum atomic E-state index is 12.8. The van der Waals surface area contributed by atoms with Gasteiger partial charge in [0.05, 0.1) is 0 Å². The molecule has 1 aromatic heterocycles. The molecular formula is C20H24N2O4. The van der Waals surface area contributed by atoms with Crippen LogP contribution in [0.2, 0.25) is 0 Å². The Morgan fingerprint density at radius 1 is 1.27 bits per heavy atom. The molecule has 2 heterocycles. The Morgan fingerprint density at radius 2 is 2.04 bits per heavy atom. The number of ether oxygens (including phenoxy) is 1. The number of carbonyl (C=O) groups excluding carboxylic acids is 2. The molecule has 138 valence electrons. The van der Waals surface area contributed by atoms with E-state index in [-0.39, 0.29) is 24.2 Å². The minimum atomic E-state index is -0.905. The molecule has 1 aliphatic rings. The van der Waals surface area contributed by atoms with Crippen LogP contribution in [0.15, 0.2) is 34.7 Å². The maximum absolute atomic E-state index is 12.8. The van der Waals surface area contributed by atoms with Crippen molar-refractivity contribution in [1.29, 1.82) is 0 Å². The van der Waals surface area contributed by atoms with Crippen molar-refractivity contribution in [3.8, 4) is 5.75 Å². The van der Waals surface area contributed by atoms with Crippen molar-refractivity contribution in [1.82, 2.24) is 10.2 Å². The lowest BCUT2D eigenvalue weighted by Gasteiger charge is -2.40. The number of carbonyl (C=O) groups is 2. The molecule has 3 rings (SSSR count). The SMILES string of the molecule is Cc1ccc(OCc2ccc(C(=O)N3CCNC(=O)C3(C)C)o2)c(C)c1. The number of nitrogens with zero attached hydrogens (tertiary/aromatic N) is 1. The molecule has 1 aliphatic heterocycles. The van der Waals surface area contributed by atoms with Crippen molar-refractivity contribution in [2.45, 2.75) is 39.8 Å². The van der Waals surface area contributed by atoms with E-state index >= 15 is 0 Å². The topological polar surface area (TPSA) is 71.8 Å². The summed E-state index contributed by atoms with van der Waals surface area (Å²) in [6.07, 6.45) is 0. The smallest absolute Gasteiger partial charge is 0.290 e. The molecule has 0 aliphatic carbocycles. The number of piperazine rings is 1. The van der Waals surface area contributed by atoms with Gasteiger partial charge in [-0.1, -0.05) is 17.7 Å². The summed E-state index contributed by atoms with van der Waals surface area (Å²) >= 11 is 0. The van der Waals surface area contributed by atoms with Crippen LogP contribution in [0.25, 0.3) is 0 Å². The lowest BCUT2D eigenvalue weighted by Crippen LogP contribution is -2.63. The van der Waals surface area contributed by atoms with Gasteiger partial charge in [-0.25, -0.2) is 0 Å². The first-order chi connectivity index (χ1) is 12.3. The van der Waals surface area contributed by atoms with E-state index in [0.717, 1.165) is 11.3 Å². The summed E-state index contributed by atoms with van der Waals surface area (Å²) in [6, 6.07) is 9.33. The molecule has 1 N–H and O–H groups in total. The fourth-order valence-corrected chi connectivity index (χ4v) is 3.07. The van der Waals surface area contributed by atoms with Crippen LogP contribution in [0, 0.1) is 13.8 Å². The average Bonchev–Trinajstić information content (AvgIpc) is 3.05. The Balaban J connectivity index is 1.69. The molecule has 6 nitrogen and oxygen atoms in total. The minimum absolute atomic E-state index is 0.165. The van der Waals surface area contributed by atoms with Gasteiger partial charge in [-0.3, -0.25) is 9.59 Å². The van der Waals surface area contributed by atoms with Crippen LogP contribution in [0.4, 0.5) is 0 Å². The maximum Gasteiger partial charge on any atom is 0.290 e. The van der Waals surface area contributed by atoms with Crippen LogP contribution in [0.1, 0.15) is 41.3 Å². The summed E-state index contributed by atoms with van der Waals surface area (Å²) in [5, 5.41) is 2.78. The van der Waals surface area contributed by atoms with Gasteiger partial charge in [0.1, 0.15) is 23.7 Å². The Morgan fingerprint density at radius 3 is 2.77 bits per heavy atom. The molecule has 26 heavy (non-hydrogen) atoms. The molecule has 0 unspecified atom stereocenters. The Bertz CT molecular complexity index is 838. The predicted octanol–water partition coefficient (Wildman–Crippen LogP) is 2.83. The summed E-state index contributed by atoms with van der Waals surface area (Å²) in [5.41, 5.74) is 1.32. The van der Waals surface area contributed by atoms with Crippen LogP contribution in [0.3, 0.4) is 0 Å². The number of furan rings is 1. The molecule has 6 heteroatoms. The highest BCUT2D eigenvalue weighted by molar-refractivity contribution is 5.98. The standard InChI is InChI=1S/C20H24N2O4/c1-13-5-7-16(14(2)11-13)25-12-15-6-8-17(26-15)18(23)22-10-9-21-19(24)20(22,3)4/h5-8,11H,9-10,12H2,1-4H3,(H,21,24). The highest BCUT2D eigenvalue weighted by Crippen LogP contribution is 2.23. The quantitative estimate of drug-likeness (QED) is 0.914. The summed E-state index contributed by atoms with van der Waals surface area (Å²) in [5.74, 6) is 1.11. The van der Waals surface area contributed by atoms with E-state index in [4.69, 9.17) is 9.15 Å². The Kier molecular flexibility index (Phi) is 4.76. The number of aryl methyl sites for hydroxylation is 2. The van der Waals surface area contributed by atoms with Gasteiger partial charge in [0.25, 0.3) is 5.91 Å². The predicted molar refractivity (Wildman–Crippen MR) is 97.1 cm³/mol. The average molecular weight is 356 g/mol. The van der Waals surface area contributed by atoms with Crippen molar-refractivity contribution < 1.29 is 18.7 Å². The van der Waals surface area contributed by atoms with Crippen molar-refractivity contribution in [2.24, 2.45) is 0 Å². The van der Waals surface area contributed by atoms with Gasteiger partial charge >= 0.3 is 0 Å². The lowest BCUT2D eigenvalue weighted by molar-refractivity contribution is -0.133. The van der Waals surface area contributed by atoms with Crippen LogP contribution in [-0.2, 0) is 11.4 Å². The van der Waals surface area contributed by atoms with Gasteiger partial charge < -0.3 is 19.4 Å². The van der Waals surface area contributed by atoms with E-state index in [2.05, 4.69) is 11.4 Å². The molecular weight excluding hydrogens is 332 g/mol. The van der Waals surface area contributed by atoms with Crippen molar-refractivity contribution in [3.05, 3.63) is 53.0 Å². The molecule has 1 fully saturated rings. The van der Waals surface area contributed by atoms with Gasteiger partial charge in [-0.2, -0.15) is 0 Å². The summed E-state index contributed by atoms with van der Waals surface area (Å²) in [4.78, 5) is 26.3. The zero-order valence-corrected chi connectivity index (χ0v) is 15.6. The fraction of sp³-hybridized carbons (Fsp3) is 0.400. The monoisotopic (exact) mass is 356 g/mol. The molecule has 0 radical (unpaired) electrons. The molecule has 0 atom stereocenters. The highest BCUT2D eigenvalue weighted by Gasteiger charge is 2.41. The highest BCUT2D eigenvalue weighted by atomic mass is 16.5. The normalized spacial score (nSPS) is 16.3. The number of rotatable bonds is 4. The molecule has 2 amide bonds. The first kappa shape index (κ1) is 18.0. The third-order valence-corrected chi connectivity index (χ3v) is 4.67. The molecule has 0 saturated carbocycles. The molecule has 2 aromatic rings. The first-order valence-electron chi connectivity index (χ1n) is 8.68. The largest absolute Gasteiger partial charge is 0.485 e. The van der Waals surface area contributed by atoms with Crippen LogP contribution in [-0.4, -0.2) is 35.3 Å². The van der Waals surface area contributed by atoms with Crippen LogP contribution < -0.4 is 10.1 Å². The van der Waals surface area contributed by atoms with Crippen molar-refractivity contribution in [2.75, 3.05) is 13.1 Å². The van der Waals surface area contributed by atoms with Crippen molar-refractivity contribution in [3.63, 3.8) is 0 Å². The van der Waals surface area contributed by atoms with Gasteiger partial charge in [0, 0.05) is 13.1 Å². The van der Waals surface area contributed by atoms with Gasteiger partial charge in [0.15, 0.2) is 5.76 Å². The zero-order chi connectivity index (χ0) is 18.9. The van der Waals surface area contributed by atoms with E-state index < -0.39 is 5.54 Å². The van der Waals surface area contributed by atoms with E-state index in [9.17, 15) is 9.59 Å². The second-order valence-electron chi connectivity index (χ2n) is 7.10. The fourth-order valence-electron chi connectivity index (χ4n) is 3.07. The van der Waals surface area contributed by atoms with E-state index in [1.807, 2.05) is 26.0 Å². The first-order valence-corrected chi connectivity index (χ1v) is 8.68. The van der Waals surface area contributed by atoms with E-state index in [1.54, 1.807) is 30.9 Å². The van der Waals surface area contributed by atoms with Crippen LogP contribution in [0.5, 0.6) is 5.75 Å². The molecule has 1 saturated heterocycles. The summed E-state index contributed by atoms with van der Waals surface area (Å²) in [6.45, 7) is 8.61. The van der Waals surface area contributed by atoms with Gasteiger partial charge in [0.2, 0.25) is 5.91 Å². The Labute approximate surface area is 153 Å². The van der Waals surface area contributed by atoms with Crippen LogP contribution >= 0.6 is 0 Å². The van der Waals surface area contributed by atoms with E-state index in [1.165, 1.54) is 5.56 Å². The third-order valence-electron chi connectivity index (χ3n) is 4.67.